The van der Waals surface area contributed by atoms with Crippen LogP contribution in [-0.4, -0.2) is 64.0 Å². The molecule has 3 amide bonds. The van der Waals surface area contributed by atoms with Crippen LogP contribution in [0.5, 0.6) is 11.5 Å². The lowest BCUT2D eigenvalue weighted by Crippen LogP contribution is -2.44. The molecule has 0 spiro atoms. The van der Waals surface area contributed by atoms with Crippen molar-refractivity contribution in [2.24, 2.45) is 0 Å². The Morgan fingerprint density at radius 2 is 1.91 bits per heavy atom. The van der Waals surface area contributed by atoms with Crippen LogP contribution < -0.4 is 9.47 Å². The van der Waals surface area contributed by atoms with E-state index in [9.17, 15) is 29.3 Å². The summed E-state index contributed by atoms with van der Waals surface area (Å²) in [4.78, 5) is 62.6. The van der Waals surface area contributed by atoms with E-state index in [1.807, 2.05) is 0 Å². The van der Waals surface area contributed by atoms with Crippen LogP contribution in [0.1, 0.15) is 38.7 Å². The van der Waals surface area contributed by atoms with Crippen molar-refractivity contribution in [1.82, 2.24) is 9.80 Å². The molecule has 33 heavy (non-hydrogen) atoms. The molecule has 0 radical (unpaired) electrons. The molecule has 1 aromatic carbocycles. The van der Waals surface area contributed by atoms with Crippen LogP contribution in [0.25, 0.3) is 6.08 Å². The molecular weight excluding hydrogens is 454 g/mol. The lowest BCUT2D eigenvalue weighted by atomic mass is 10.1. The van der Waals surface area contributed by atoms with Gasteiger partial charge >= 0.3 is 11.7 Å². The molecule has 12 heteroatoms. The molecule has 11 nitrogen and oxygen atoms in total. The summed E-state index contributed by atoms with van der Waals surface area (Å²) in [6, 6.07) is 2.61. The van der Waals surface area contributed by atoms with Gasteiger partial charge in [0.2, 0.25) is 11.7 Å². The van der Waals surface area contributed by atoms with E-state index in [1.54, 1.807) is 11.8 Å². The molecule has 2 saturated heterocycles. The minimum atomic E-state index is -0.714. The number of thioether (sulfide) groups is 1. The number of piperidine rings is 1. The summed E-state index contributed by atoms with van der Waals surface area (Å²) in [5, 5.41) is 11.2. The molecular formula is C21H23N3O8S. The van der Waals surface area contributed by atoms with Gasteiger partial charge in [-0.05, 0) is 56.2 Å². The number of benzene rings is 1. The molecule has 0 bridgehead atoms. The predicted molar refractivity (Wildman–Crippen MR) is 119 cm³/mol. The summed E-state index contributed by atoms with van der Waals surface area (Å²) in [6.07, 6.45) is 3.99. The zero-order chi connectivity index (χ0) is 24.1. The van der Waals surface area contributed by atoms with Crippen molar-refractivity contribution < 1.29 is 33.6 Å². The van der Waals surface area contributed by atoms with Crippen molar-refractivity contribution in [3.05, 3.63) is 32.7 Å². The smallest absolute Gasteiger partial charge is 0.322 e. The highest BCUT2D eigenvalue weighted by Gasteiger charge is 2.38. The third-order valence-corrected chi connectivity index (χ3v) is 5.92. The van der Waals surface area contributed by atoms with Crippen molar-refractivity contribution in [2.45, 2.75) is 33.1 Å². The van der Waals surface area contributed by atoms with Crippen LogP contribution in [0, 0.1) is 10.1 Å². The number of esters is 1. The second kappa shape index (κ2) is 10.5. The molecule has 0 unspecified atom stereocenters. The van der Waals surface area contributed by atoms with Gasteiger partial charge in [0.05, 0.1) is 22.0 Å². The number of amides is 3. The third kappa shape index (κ3) is 5.51. The first kappa shape index (κ1) is 24.2. The lowest BCUT2D eigenvalue weighted by molar-refractivity contribution is -0.386. The predicted octanol–water partition coefficient (Wildman–Crippen LogP) is 2.97. The second-order valence-electron chi connectivity index (χ2n) is 7.32. The van der Waals surface area contributed by atoms with E-state index in [1.165, 1.54) is 18.2 Å². The first-order valence-corrected chi connectivity index (χ1v) is 11.2. The first-order valence-electron chi connectivity index (χ1n) is 10.4. The van der Waals surface area contributed by atoms with Gasteiger partial charge in [-0.1, -0.05) is 0 Å². The van der Waals surface area contributed by atoms with E-state index in [4.69, 9.17) is 9.47 Å². The Labute approximate surface area is 193 Å². The van der Waals surface area contributed by atoms with E-state index in [2.05, 4.69) is 0 Å². The number of carbonyl (C=O) groups is 4. The SMILES string of the molecule is CCOc1c(OC(C)=O)ccc(/C=C2\SC(=O)N(CC(=O)N3CCCCC3)C2=O)c1[N+](=O)[O-]. The van der Waals surface area contributed by atoms with Gasteiger partial charge in [-0.2, -0.15) is 0 Å². The van der Waals surface area contributed by atoms with E-state index in [0.29, 0.717) is 24.9 Å². The van der Waals surface area contributed by atoms with Crippen LogP contribution in [0.4, 0.5) is 10.5 Å². The number of likely N-dealkylation sites (tertiary alicyclic amines) is 1. The number of nitro benzene ring substituents is 1. The fourth-order valence-electron chi connectivity index (χ4n) is 3.55. The molecule has 1 aromatic rings. The van der Waals surface area contributed by atoms with Crippen LogP contribution in [-0.2, 0) is 14.4 Å². The Morgan fingerprint density at radius 1 is 1.21 bits per heavy atom. The molecule has 2 heterocycles. The molecule has 3 rings (SSSR count). The third-order valence-electron chi connectivity index (χ3n) is 5.01. The number of nitrogens with zero attached hydrogens (tertiary/aromatic N) is 3. The first-order chi connectivity index (χ1) is 15.7. The van der Waals surface area contributed by atoms with Gasteiger partial charge in [0.1, 0.15) is 6.54 Å². The molecule has 2 aliphatic rings. The maximum atomic E-state index is 12.8. The molecule has 0 saturated carbocycles. The van der Waals surface area contributed by atoms with Gasteiger partial charge in [0.15, 0.2) is 5.75 Å². The molecule has 0 aromatic heterocycles. The quantitative estimate of drug-likeness (QED) is 0.191. The highest BCUT2D eigenvalue weighted by Crippen LogP contribution is 2.42. The average molecular weight is 477 g/mol. The van der Waals surface area contributed by atoms with Crippen LogP contribution >= 0.6 is 11.8 Å². The van der Waals surface area contributed by atoms with Gasteiger partial charge < -0.3 is 14.4 Å². The van der Waals surface area contributed by atoms with E-state index < -0.39 is 27.7 Å². The summed E-state index contributed by atoms with van der Waals surface area (Å²) < 4.78 is 10.4. The van der Waals surface area contributed by atoms with Crippen LogP contribution in [0.2, 0.25) is 0 Å². The van der Waals surface area contributed by atoms with Crippen molar-refractivity contribution in [1.29, 1.82) is 0 Å². The van der Waals surface area contributed by atoms with Crippen molar-refractivity contribution in [3.8, 4) is 11.5 Å². The minimum absolute atomic E-state index is 0.00721. The van der Waals surface area contributed by atoms with Crippen LogP contribution in [0.15, 0.2) is 17.0 Å². The van der Waals surface area contributed by atoms with E-state index >= 15 is 0 Å². The number of carbonyl (C=O) groups excluding carboxylic acids is 4. The summed E-state index contributed by atoms with van der Waals surface area (Å²) in [6.45, 7) is 3.63. The normalized spacial score (nSPS) is 17.5. The van der Waals surface area contributed by atoms with Gasteiger partial charge in [-0.25, -0.2) is 0 Å². The van der Waals surface area contributed by atoms with E-state index in [-0.39, 0.29) is 41.0 Å². The van der Waals surface area contributed by atoms with Crippen molar-refractivity contribution in [2.75, 3.05) is 26.2 Å². The van der Waals surface area contributed by atoms with Gasteiger partial charge in [0, 0.05) is 20.0 Å². The fraction of sp³-hybridized carbons (Fsp3) is 0.429. The Hall–Kier alpha value is -3.41. The topological polar surface area (TPSA) is 136 Å². The molecule has 2 aliphatic heterocycles. The summed E-state index contributed by atoms with van der Waals surface area (Å²) in [5.74, 6) is -2.09. The number of hydrogen-bond acceptors (Lipinski definition) is 9. The standard InChI is InChI=1S/C21H23N3O8S/c1-3-31-19-15(32-13(2)25)8-7-14(18(19)24(29)30)11-16-20(27)23(21(28)33-16)12-17(26)22-9-5-4-6-10-22/h7-8,11H,3-6,9-10,12H2,1-2H3/b16-11-. The van der Waals surface area contributed by atoms with Crippen molar-refractivity contribution >= 4 is 46.5 Å². The Bertz CT molecular complexity index is 1030. The Kier molecular flexibility index (Phi) is 7.69. The number of hydrogen-bond donors (Lipinski definition) is 0. The molecule has 0 N–H and O–H groups in total. The second-order valence-corrected chi connectivity index (χ2v) is 8.32. The fourth-order valence-corrected chi connectivity index (χ4v) is 4.38. The summed E-state index contributed by atoms with van der Waals surface area (Å²) in [7, 11) is 0. The summed E-state index contributed by atoms with van der Waals surface area (Å²) in [5.41, 5.74) is -0.515. The molecule has 176 valence electrons. The maximum absolute atomic E-state index is 12.8. The monoisotopic (exact) mass is 477 g/mol. The summed E-state index contributed by atoms with van der Waals surface area (Å²) >= 11 is 0.599. The molecule has 0 atom stereocenters. The number of nitro groups is 1. The van der Waals surface area contributed by atoms with Crippen molar-refractivity contribution in [3.63, 3.8) is 0 Å². The Balaban J connectivity index is 1.90. The van der Waals surface area contributed by atoms with Gasteiger partial charge in [-0.3, -0.25) is 34.2 Å². The minimum Gasteiger partial charge on any atom is -0.485 e. The largest absolute Gasteiger partial charge is 0.485 e. The van der Waals surface area contributed by atoms with Gasteiger partial charge in [-0.15, -0.1) is 0 Å². The molecule has 0 aliphatic carbocycles. The van der Waals surface area contributed by atoms with E-state index in [0.717, 1.165) is 31.1 Å². The zero-order valence-corrected chi connectivity index (χ0v) is 19.0. The number of imide groups is 1. The number of ether oxygens (including phenoxy) is 2. The highest BCUT2D eigenvalue weighted by molar-refractivity contribution is 8.18. The Morgan fingerprint density at radius 3 is 2.52 bits per heavy atom. The molecule has 2 fully saturated rings. The lowest BCUT2D eigenvalue weighted by Gasteiger charge is -2.27. The zero-order valence-electron chi connectivity index (χ0n) is 18.2. The van der Waals surface area contributed by atoms with Crippen LogP contribution in [0.3, 0.4) is 0 Å². The number of rotatable bonds is 7. The maximum Gasteiger partial charge on any atom is 0.322 e. The van der Waals surface area contributed by atoms with Gasteiger partial charge in [0.25, 0.3) is 11.1 Å². The highest BCUT2D eigenvalue weighted by atomic mass is 32.2. The average Bonchev–Trinajstić information content (AvgIpc) is 3.03.